The third-order valence-corrected chi connectivity index (χ3v) is 2.35. The number of nitrogens with one attached hydrogen (secondary N) is 2. The number of hydrogen-bond acceptors (Lipinski definition) is 3. The third kappa shape index (κ3) is 2.76. The fourth-order valence-electron chi connectivity index (χ4n) is 1.67. The van der Waals surface area contributed by atoms with E-state index in [1.807, 2.05) is 25.3 Å². The van der Waals surface area contributed by atoms with E-state index in [0.717, 1.165) is 30.2 Å². The second kappa shape index (κ2) is 4.70. The number of H-pyrrole nitrogens is 1. The molecule has 4 N–H and O–H groups in total. The van der Waals surface area contributed by atoms with Gasteiger partial charge in [0.15, 0.2) is 0 Å². The Labute approximate surface area is 94.9 Å². The maximum Gasteiger partial charge on any atom is 0.107 e. The number of nitrogen functional groups attached to an aromatic ring is 1. The molecule has 1 heterocycles. The van der Waals surface area contributed by atoms with E-state index in [1.165, 1.54) is 5.56 Å². The van der Waals surface area contributed by atoms with Gasteiger partial charge in [-0.25, -0.2) is 4.98 Å². The maximum absolute atomic E-state index is 5.77. The molecule has 0 fully saturated rings. The minimum atomic E-state index is 0.792. The molecule has 1 aromatic heterocycles. The molecule has 0 atom stereocenters. The Hall–Kier alpha value is -1.97. The van der Waals surface area contributed by atoms with Crippen LogP contribution >= 0.6 is 0 Å². The highest BCUT2D eigenvalue weighted by molar-refractivity contribution is 5.56. The number of benzene rings is 1. The number of imidazole rings is 1. The number of nitrogens with two attached hydrogens (primary N) is 1. The van der Waals surface area contributed by atoms with Gasteiger partial charge in [-0.1, -0.05) is 0 Å². The van der Waals surface area contributed by atoms with Crippen LogP contribution in [0.5, 0.6) is 0 Å². The molecule has 0 saturated carbocycles. The maximum atomic E-state index is 5.77. The summed E-state index contributed by atoms with van der Waals surface area (Å²) in [6.07, 6.45) is 4.47. The topological polar surface area (TPSA) is 66.7 Å². The van der Waals surface area contributed by atoms with Crippen molar-refractivity contribution >= 4 is 11.4 Å². The molecule has 0 spiro atoms. The van der Waals surface area contributed by atoms with E-state index in [2.05, 4.69) is 21.4 Å². The zero-order chi connectivity index (χ0) is 11.4. The van der Waals surface area contributed by atoms with Crippen LogP contribution in [0.1, 0.15) is 11.4 Å². The van der Waals surface area contributed by atoms with Crippen LogP contribution in [0.2, 0.25) is 0 Å². The lowest BCUT2D eigenvalue weighted by molar-refractivity contribution is 0.927. The van der Waals surface area contributed by atoms with Gasteiger partial charge in [0.25, 0.3) is 0 Å². The fourth-order valence-corrected chi connectivity index (χ4v) is 1.67. The summed E-state index contributed by atoms with van der Waals surface area (Å²) in [4.78, 5) is 7.23. The lowest BCUT2D eigenvalue weighted by Gasteiger charge is -2.07. The molecule has 0 saturated heterocycles. The normalized spacial score (nSPS) is 10.3. The van der Waals surface area contributed by atoms with Gasteiger partial charge in [-0.3, -0.25) is 0 Å². The Morgan fingerprint density at radius 3 is 2.94 bits per heavy atom. The van der Waals surface area contributed by atoms with Crippen molar-refractivity contribution in [2.24, 2.45) is 0 Å². The van der Waals surface area contributed by atoms with Gasteiger partial charge in [-0.15, -0.1) is 0 Å². The van der Waals surface area contributed by atoms with Crippen LogP contribution in [-0.4, -0.2) is 16.5 Å². The first-order valence-corrected chi connectivity index (χ1v) is 5.33. The third-order valence-electron chi connectivity index (χ3n) is 2.35. The van der Waals surface area contributed by atoms with E-state index >= 15 is 0 Å². The standard InChI is InChI=1S/C12H16N4/c1-9-6-10(13)8-11(7-9)14-3-2-12-15-4-5-16-12/h4-8,14H,2-3,13H2,1H3,(H,15,16). The fraction of sp³-hybridized carbons (Fsp3) is 0.250. The van der Waals surface area contributed by atoms with E-state index in [4.69, 9.17) is 5.73 Å². The molecule has 0 radical (unpaired) electrons. The number of aromatic amines is 1. The Morgan fingerprint density at radius 2 is 2.25 bits per heavy atom. The van der Waals surface area contributed by atoms with Crippen LogP contribution in [0.25, 0.3) is 0 Å². The van der Waals surface area contributed by atoms with Crippen molar-refractivity contribution < 1.29 is 0 Å². The van der Waals surface area contributed by atoms with Crippen molar-refractivity contribution in [1.82, 2.24) is 9.97 Å². The smallest absolute Gasteiger partial charge is 0.107 e. The van der Waals surface area contributed by atoms with Gasteiger partial charge >= 0.3 is 0 Å². The number of anilines is 2. The predicted molar refractivity (Wildman–Crippen MR) is 66.4 cm³/mol. The van der Waals surface area contributed by atoms with Crippen molar-refractivity contribution in [2.45, 2.75) is 13.3 Å². The SMILES string of the molecule is Cc1cc(N)cc(NCCc2ncc[nH]2)c1. The predicted octanol–water partition coefficient (Wildman–Crippen LogP) is 1.95. The molecule has 16 heavy (non-hydrogen) atoms. The Kier molecular flexibility index (Phi) is 3.10. The molecule has 84 valence electrons. The summed E-state index contributed by atoms with van der Waals surface area (Å²) in [7, 11) is 0. The number of aromatic nitrogens is 2. The molecule has 0 aliphatic rings. The van der Waals surface area contributed by atoms with E-state index < -0.39 is 0 Å². The summed E-state index contributed by atoms with van der Waals surface area (Å²) in [6.45, 7) is 2.88. The molecule has 0 bridgehead atoms. The first-order chi connectivity index (χ1) is 7.74. The van der Waals surface area contributed by atoms with Crippen LogP contribution in [0, 0.1) is 6.92 Å². The van der Waals surface area contributed by atoms with Gasteiger partial charge in [0.05, 0.1) is 0 Å². The largest absolute Gasteiger partial charge is 0.399 e. The molecule has 4 nitrogen and oxygen atoms in total. The molecular weight excluding hydrogens is 200 g/mol. The molecular formula is C12H16N4. The minimum Gasteiger partial charge on any atom is -0.399 e. The lowest BCUT2D eigenvalue weighted by atomic mass is 10.2. The second-order valence-electron chi connectivity index (χ2n) is 3.85. The first kappa shape index (κ1) is 10.5. The lowest BCUT2D eigenvalue weighted by Crippen LogP contribution is -2.06. The van der Waals surface area contributed by atoms with Gasteiger partial charge in [-0.05, 0) is 30.7 Å². The van der Waals surface area contributed by atoms with Crippen LogP contribution in [0.15, 0.2) is 30.6 Å². The van der Waals surface area contributed by atoms with Crippen LogP contribution < -0.4 is 11.1 Å². The van der Waals surface area contributed by atoms with Gasteiger partial charge in [-0.2, -0.15) is 0 Å². The summed E-state index contributed by atoms with van der Waals surface area (Å²) in [5.74, 6) is 0.994. The Bertz CT molecular complexity index is 428. The van der Waals surface area contributed by atoms with Crippen molar-refractivity contribution in [2.75, 3.05) is 17.6 Å². The van der Waals surface area contributed by atoms with Crippen LogP contribution in [0.3, 0.4) is 0 Å². The molecule has 0 aliphatic carbocycles. The van der Waals surface area contributed by atoms with E-state index in [9.17, 15) is 0 Å². The summed E-state index contributed by atoms with van der Waals surface area (Å²) >= 11 is 0. The Morgan fingerprint density at radius 1 is 1.38 bits per heavy atom. The summed E-state index contributed by atoms with van der Waals surface area (Å²) in [6, 6.07) is 5.98. The quantitative estimate of drug-likeness (QED) is 0.684. The van der Waals surface area contributed by atoms with Gasteiger partial charge < -0.3 is 16.0 Å². The van der Waals surface area contributed by atoms with Crippen LogP contribution in [0.4, 0.5) is 11.4 Å². The van der Waals surface area contributed by atoms with Crippen molar-refractivity contribution in [3.8, 4) is 0 Å². The van der Waals surface area contributed by atoms with Crippen molar-refractivity contribution in [3.63, 3.8) is 0 Å². The number of rotatable bonds is 4. The molecule has 2 rings (SSSR count). The van der Waals surface area contributed by atoms with Gasteiger partial charge in [0.2, 0.25) is 0 Å². The summed E-state index contributed by atoms with van der Waals surface area (Å²) in [5.41, 5.74) is 8.79. The number of hydrogen-bond donors (Lipinski definition) is 3. The van der Waals surface area contributed by atoms with E-state index in [-0.39, 0.29) is 0 Å². The van der Waals surface area contributed by atoms with E-state index in [0.29, 0.717) is 0 Å². The highest BCUT2D eigenvalue weighted by Crippen LogP contribution is 2.15. The highest BCUT2D eigenvalue weighted by atomic mass is 14.9. The molecule has 4 heteroatoms. The molecule has 0 unspecified atom stereocenters. The zero-order valence-corrected chi connectivity index (χ0v) is 9.33. The van der Waals surface area contributed by atoms with Gasteiger partial charge in [0, 0.05) is 36.7 Å². The average Bonchev–Trinajstić information content (AvgIpc) is 2.69. The zero-order valence-electron chi connectivity index (χ0n) is 9.33. The molecule has 1 aromatic carbocycles. The van der Waals surface area contributed by atoms with Crippen molar-refractivity contribution in [1.29, 1.82) is 0 Å². The Balaban J connectivity index is 1.89. The summed E-state index contributed by atoms with van der Waals surface area (Å²) < 4.78 is 0. The second-order valence-corrected chi connectivity index (χ2v) is 3.85. The molecule has 2 aromatic rings. The monoisotopic (exact) mass is 216 g/mol. The number of aryl methyl sites for hydroxylation is 1. The van der Waals surface area contributed by atoms with Crippen molar-refractivity contribution in [3.05, 3.63) is 42.0 Å². The molecule has 0 aliphatic heterocycles. The van der Waals surface area contributed by atoms with Crippen LogP contribution in [-0.2, 0) is 6.42 Å². The minimum absolute atomic E-state index is 0.792. The number of nitrogens with zero attached hydrogens (tertiary/aromatic N) is 1. The first-order valence-electron chi connectivity index (χ1n) is 5.33. The van der Waals surface area contributed by atoms with E-state index in [1.54, 1.807) is 6.20 Å². The highest BCUT2D eigenvalue weighted by Gasteiger charge is 1.97. The summed E-state index contributed by atoms with van der Waals surface area (Å²) in [5, 5.41) is 3.32. The van der Waals surface area contributed by atoms with Gasteiger partial charge in [0.1, 0.15) is 5.82 Å². The molecule has 0 amide bonds. The average molecular weight is 216 g/mol.